The number of hydrogen-bond donors (Lipinski definition) is 1. The Kier molecular flexibility index (Phi) is 4.58. The molecule has 1 aliphatic heterocycles. The molecule has 7 nitrogen and oxygen atoms in total. The third kappa shape index (κ3) is 3.29. The van der Waals surface area contributed by atoms with Crippen LogP contribution in [0.2, 0.25) is 0 Å². The fourth-order valence-corrected chi connectivity index (χ4v) is 5.67. The smallest absolute Gasteiger partial charge is 0.364 e. The van der Waals surface area contributed by atoms with Gasteiger partial charge >= 0.3 is 6.18 Å². The van der Waals surface area contributed by atoms with Crippen molar-refractivity contribution in [3.05, 3.63) is 65.9 Å². The first kappa shape index (κ1) is 20.9. The second kappa shape index (κ2) is 7.44. The lowest BCUT2D eigenvalue weighted by atomic mass is 10.0. The Morgan fingerprint density at radius 1 is 1.03 bits per heavy atom. The molecule has 6 rings (SSSR count). The molecule has 1 saturated heterocycles. The van der Waals surface area contributed by atoms with Crippen LogP contribution in [0.25, 0.3) is 11.4 Å². The number of rotatable bonds is 4. The summed E-state index contributed by atoms with van der Waals surface area (Å²) in [7, 11) is 0. The summed E-state index contributed by atoms with van der Waals surface area (Å²) in [6, 6.07) is 7.70. The predicted octanol–water partition coefficient (Wildman–Crippen LogP) is 3.66. The molecule has 34 heavy (non-hydrogen) atoms. The fraction of sp³-hybridized carbons (Fsp3) is 0.348. The van der Waals surface area contributed by atoms with Gasteiger partial charge < -0.3 is 10.2 Å². The lowest BCUT2D eigenvalue weighted by Crippen LogP contribution is -2.45. The molecule has 5 atom stereocenters. The van der Waals surface area contributed by atoms with Crippen molar-refractivity contribution in [1.82, 2.24) is 25.1 Å². The van der Waals surface area contributed by atoms with E-state index in [-0.39, 0.29) is 40.8 Å². The van der Waals surface area contributed by atoms with E-state index in [0.29, 0.717) is 24.3 Å². The largest absolute Gasteiger partial charge is 0.435 e. The van der Waals surface area contributed by atoms with E-state index >= 15 is 0 Å². The van der Waals surface area contributed by atoms with E-state index in [2.05, 4.69) is 25.5 Å². The molecule has 1 amide bonds. The highest BCUT2D eigenvalue weighted by Gasteiger charge is 2.69. The molecular weight excluding hydrogens is 452 g/mol. The third-order valence-electron chi connectivity index (χ3n) is 7.08. The Labute approximate surface area is 191 Å². The zero-order valence-electron chi connectivity index (χ0n) is 17.6. The molecule has 2 aromatic heterocycles. The van der Waals surface area contributed by atoms with Crippen molar-refractivity contribution in [2.75, 3.05) is 11.9 Å². The number of alkyl halides is 3. The summed E-state index contributed by atoms with van der Waals surface area (Å²) in [6.45, 7) is 0.557. The van der Waals surface area contributed by atoms with E-state index in [4.69, 9.17) is 0 Å². The Morgan fingerprint density at radius 2 is 1.82 bits per heavy atom. The number of likely N-dealkylation sites (tertiary alicyclic amines) is 1. The van der Waals surface area contributed by atoms with Crippen molar-refractivity contribution in [3.8, 4) is 11.4 Å². The Morgan fingerprint density at radius 3 is 2.53 bits per heavy atom. The second-order valence-corrected chi connectivity index (χ2v) is 8.88. The van der Waals surface area contributed by atoms with Crippen LogP contribution in [0.3, 0.4) is 0 Å². The molecule has 5 unspecified atom stereocenters. The average molecular weight is 470 g/mol. The number of carbonyl (C=O) groups is 1. The Balaban J connectivity index is 1.27. The topological polar surface area (TPSA) is 83.9 Å². The number of fused-ring (bicyclic) bond motifs is 1. The van der Waals surface area contributed by atoms with Crippen molar-refractivity contribution in [1.29, 1.82) is 0 Å². The molecule has 3 aromatic rings. The average Bonchev–Trinajstić information content (AvgIpc) is 3.18. The molecule has 2 saturated carbocycles. The minimum atomic E-state index is -4.56. The van der Waals surface area contributed by atoms with Crippen molar-refractivity contribution in [3.63, 3.8) is 0 Å². The first-order valence-electron chi connectivity index (χ1n) is 10.9. The van der Waals surface area contributed by atoms with Crippen LogP contribution in [0.5, 0.6) is 0 Å². The number of halogens is 4. The zero-order chi connectivity index (χ0) is 23.6. The van der Waals surface area contributed by atoms with Gasteiger partial charge in [0.05, 0.1) is 17.2 Å². The van der Waals surface area contributed by atoms with Crippen LogP contribution in [0, 0.1) is 23.6 Å². The van der Waals surface area contributed by atoms with Gasteiger partial charge in [0.15, 0.2) is 11.5 Å². The van der Waals surface area contributed by atoms with E-state index in [1.54, 1.807) is 17.0 Å². The summed E-state index contributed by atoms with van der Waals surface area (Å²) in [6.07, 6.45) is -0.806. The van der Waals surface area contributed by atoms with Crippen LogP contribution in [-0.4, -0.2) is 49.6 Å². The molecule has 1 aromatic carbocycles. The molecule has 174 valence electrons. The maximum Gasteiger partial charge on any atom is 0.435 e. The molecule has 3 aliphatic rings. The van der Waals surface area contributed by atoms with Crippen LogP contribution in [0.15, 0.2) is 48.8 Å². The van der Waals surface area contributed by atoms with Gasteiger partial charge in [-0.25, -0.2) is 14.4 Å². The number of piperidine rings is 1. The monoisotopic (exact) mass is 470 g/mol. The molecular formula is C23H18F4N6O. The molecule has 2 aliphatic carbocycles. The molecule has 0 bridgehead atoms. The van der Waals surface area contributed by atoms with E-state index < -0.39 is 17.7 Å². The van der Waals surface area contributed by atoms with Crippen molar-refractivity contribution >= 4 is 11.7 Å². The summed E-state index contributed by atoms with van der Waals surface area (Å²) < 4.78 is 53.1. The van der Waals surface area contributed by atoms with E-state index in [1.807, 2.05) is 0 Å². The third-order valence-corrected chi connectivity index (χ3v) is 7.08. The van der Waals surface area contributed by atoms with E-state index in [1.165, 1.54) is 30.6 Å². The van der Waals surface area contributed by atoms with Gasteiger partial charge in [0.25, 0.3) is 5.91 Å². The summed E-state index contributed by atoms with van der Waals surface area (Å²) in [4.78, 5) is 23.6. The minimum absolute atomic E-state index is 0.0568. The van der Waals surface area contributed by atoms with E-state index in [9.17, 15) is 22.4 Å². The quantitative estimate of drug-likeness (QED) is 0.586. The van der Waals surface area contributed by atoms with Gasteiger partial charge in [0.2, 0.25) is 0 Å². The first-order chi connectivity index (χ1) is 16.3. The van der Waals surface area contributed by atoms with Gasteiger partial charge in [-0.2, -0.15) is 13.2 Å². The van der Waals surface area contributed by atoms with Crippen molar-refractivity contribution in [2.45, 2.75) is 24.7 Å². The van der Waals surface area contributed by atoms with Crippen LogP contribution in [-0.2, 0) is 6.18 Å². The lowest BCUT2D eigenvalue weighted by molar-refractivity contribution is -0.141. The van der Waals surface area contributed by atoms with Crippen LogP contribution < -0.4 is 5.32 Å². The van der Waals surface area contributed by atoms with Crippen molar-refractivity contribution < 1.29 is 22.4 Å². The standard InChI is InChI=1S/C23H18F4N6O/c24-14-4-1-3-11(19(14)21-28-7-2-8-29-21)22(34)33-10-13-12-9-15(20(33)18(12)13)30-17-6-5-16(31-32-17)23(25,26)27/h1-8,12-13,15,18,20H,9-10H2,(H,30,32). The van der Waals surface area contributed by atoms with Gasteiger partial charge in [0.1, 0.15) is 11.6 Å². The summed E-state index contributed by atoms with van der Waals surface area (Å²) in [5.74, 6) is 0.611. The molecule has 0 radical (unpaired) electrons. The Bertz CT molecular complexity index is 1250. The molecule has 1 N–H and O–H groups in total. The molecule has 3 heterocycles. The summed E-state index contributed by atoms with van der Waals surface area (Å²) in [5.41, 5.74) is -0.822. The van der Waals surface area contributed by atoms with Gasteiger partial charge in [0, 0.05) is 25.0 Å². The summed E-state index contributed by atoms with van der Waals surface area (Å²) >= 11 is 0. The molecule has 3 fully saturated rings. The highest BCUT2D eigenvalue weighted by atomic mass is 19.4. The fourth-order valence-electron chi connectivity index (χ4n) is 5.67. The van der Waals surface area contributed by atoms with Crippen LogP contribution in [0.4, 0.5) is 23.4 Å². The minimum Gasteiger partial charge on any atom is -0.364 e. The van der Waals surface area contributed by atoms with Crippen molar-refractivity contribution in [2.24, 2.45) is 17.8 Å². The lowest BCUT2D eigenvalue weighted by Gasteiger charge is -2.30. The SMILES string of the molecule is O=C(c1cccc(F)c1-c1ncccn1)N1CC2C3CC(Nc4ccc(C(F)(F)F)nn4)C1C32. The number of anilines is 1. The second-order valence-electron chi connectivity index (χ2n) is 8.88. The highest BCUT2D eigenvalue weighted by Crippen LogP contribution is 2.64. The summed E-state index contributed by atoms with van der Waals surface area (Å²) in [5, 5.41) is 10.1. The van der Waals surface area contributed by atoms with Gasteiger partial charge in [-0.3, -0.25) is 4.79 Å². The van der Waals surface area contributed by atoms with Gasteiger partial charge in [-0.1, -0.05) is 6.07 Å². The number of hydrogen-bond acceptors (Lipinski definition) is 6. The number of nitrogens with one attached hydrogen (secondary N) is 1. The maximum atomic E-state index is 14.8. The van der Waals surface area contributed by atoms with Crippen LogP contribution in [0.1, 0.15) is 22.5 Å². The number of benzene rings is 1. The predicted molar refractivity (Wildman–Crippen MR) is 112 cm³/mol. The normalized spacial score (nSPS) is 26.9. The van der Waals surface area contributed by atoms with Gasteiger partial charge in [-0.05, 0) is 54.5 Å². The number of carbonyl (C=O) groups excluding carboxylic acids is 1. The number of amides is 1. The highest BCUT2D eigenvalue weighted by molar-refractivity contribution is 6.00. The van der Waals surface area contributed by atoms with Crippen LogP contribution >= 0.6 is 0 Å². The molecule has 11 heteroatoms. The zero-order valence-corrected chi connectivity index (χ0v) is 17.6. The van der Waals surface area contributed by atoms with Gasteiger partial charge in [-0.15, -0.1) is 10.2 Å². The number of nitrogens with zero attached hydrogens (tertiary/aromatic N) is 5. The Hall–Kier alpha value is -3.63. The number of aromatic nitrogens is 4. The van der Waals surface area contributed by atoms with E-state index in [0.717, 1.165) is 12.5 Å². The first-order valence-corrected chi connectivity index (χ1v) is 10.9. The maximum absolute atomic E-state index is 14.8. The molecule has 0 spiro atoms.